The third-order valence-electron chi connectivity index (χ3n) is 3.51. The van der Waals surface area contributed by atoms with Crippen LogP contribution in [0.3, 0.4) is 0 Å². The fraction of sp³-hybridized carbons (Fsp3) is 0.533. The van der Waals surface area contributed by atoms with Crippen LogP contribution in [-0.2, 0) is 9.53 Å². The number of ether oxygens (including phenoxy) is 2. The maximum Gasteiger partial charge on any atom is 0.260 e. The molecule has 0 aliphatic carbocycles. The monoisotopic (exact) mass is 263 g/mol. The molecule has 0 bridgehead atoms. The van der Waals surface area contributed by atoms with Gasteiger partial charge in [0.05, 0.1) is 6.10 Å². The minimum Gasteiger partial charge on any atom is -0.484 e. The molecule has 0 radical (unpaired) electrons. The molecular weight excluding hydrogens is 242 g/mol. The lowest BCUT2D eigenvalue weighted by Crippen LogP contribution is -2.34. The molecule has 1 atom stereocenters. The number of likely N-dealkylation sites (tertiary alicyclic amines) is 1. The largest absolute Gasteiger partial charge is 0.484 e. The SMILES string of the molecule is COC1CCN(C(=O)COc2ccc(C)cc2C)C1. The predicted molar refractivity (Wildman–Crippen MR) is 73.4 cm³/mol. The van der Waals surface area contributed by atoms with Crippen LogP contribution < -0.4 is 4.74 Å². The summed E-state index contributed by atoms with van der Waals surface area (Å²) in [5.74, 6) is 0.806. The molecule has 1 fully saturated rings. The molecule has 0 aromatic heterocycles. The summed E-state index contributed by atoms with van der Waals surface area (Å²) in [6, 6.07) is 5.96. The smallest absolute Gasteiger partial charge is 0.260 e. The van der Waals surface area contributed by atoms with Crippen LogP contribution in [-0.4, -0.2) is 43.7 Å². The fourth-order valence-electron chi connectivity index (χ4n) is 2.34. The van der Waals surface area contributed by atoms with Gasteiger partial charge in [-0.3, -0.25) is 4.79 Å². The van der Waals surface area contributed by atoms with E-state index in [0.29, 0.717) is 6.54 Å². The molecule has 0 N–H and O–H groups in total. The van der Waals surface area contributed by atoms with Crippen molar-refractivity contribution in [2.24, 2.45) is 0 Å². The molecule has 0 spiro atoms. The maximum absolute atomic E-state index is 12.0. The number of hydrogen-bond acceptors (Lipinski definition) is 3. The minimum absolute atomic E-state index is 0.0273. The van der Waals surface area contributed by atoms with Gasteiger partial charge in [-0.15, -0.1) is 0 Å². The Hall–Kier alpha value is -1.55. The predicted octanol–water partition coefficient (Wildman–Crippen LogP) is 1.93. The number of nitrogens with zero attached hydrogens (tertiary/aromatic N) is 1. The highest BCUT2D eigenvalue weighted by Gasteiger charge is 2.26. The molecule has 1 aliphatic heterocycles. The number of hydrogen-bond donors (Lipinski definition) is 0. The van der Waals surface area contributed by atoms with Gasteiger partial charge in [0.25, 0.3) is 5.91 Å². The van der Waals surface area contributed by atoms with E-state index in [2.05, 4.69) is 6.07 Å². The van der Waals surface area contributed by atoms with Crippen molar-refractivity contribution in [3.8, 4) is 5.75 Å². The highest BCUT2D eigenvalue weighted by molar-refractivity contribution is 5.78. The Morgan fingerprint density at radius 2 is 2.21 bits per heavy atom. The van der Waals surface area contributed by atoms with Crippen LogP contribution in [0.1, 0.15) is 17.5 Å². The van der Waals surface area contributed by atoms with Crippen molar-refractivity contribution >= 4 is 5.91 Å². The zero-order valence-electron chi connectivity index (χ0n) is 11.8. The highest BCUT2D eigenvalue weighted by Crippen LogP contribution is 2.19. The van der Waals surface area contributed by atoms with Crippen LogP contribution in [0.25, 0.3) is 0 Å². The molecule has 4 nitrogen and oxygen atoms in total. The molecule has 0 saturated carbocycles. The van der Waals surface area contributed by atoms with Crippen molar-refractivity contribution in [1.82, 2.24) is 4.90 Å². The standard InChI is InChI=1S/C15H21NO3/c1-11-4-5-14(12(2)8-11)19-10-15(17)16-7-6-13(9-16)18-3/h4-5,8,13H,6-7,9-10H2,1-3H3. The summed E-state index contributed by atoms with van der Waals surface area (Å²) in [5, 5.41) is 0. The number of methoxy groups -OCH3 is 1. The zero-order valence-corrected chi connectivity index (χ0v) is 11.8. The minimum atomic E-state index is 0.0273. The maximum atomic E-state index is 12.0. The van der Waals surface area contributed by atoms with Gasteiger partial charge in [0.15, 0.2) is 6.61 Å². The van der Waals surface area contributed by atoms with E-state index in [9.17, 15) is 4.79 Å². The highest BCUT2D eigenvalue weighted by atomic mass is 16.5. The normalized spacial score (nSPS) is 18.7. The van der Waals surface area contributed by atoms with E-state index in [0.717, 1.165) is 24.3 Å². The Bertz CT molecular complexity index is 459. The van der Waals surface area contributed by atoms with Crippen LogP contribution in [0.4, 0.5) is 0 Å². The zero-order chi connectivity index (χ0) is 13.8. The lowest BCUT2D eigenvalue weighted by molar-refractivity contribution is -0.132. The first-order valence-electron chi connectivity index (χ1n) is 6.61. The Labute approximate surface area is 114 Å². The molecule has 1 heterocycles. The first-order valence-corrected chi connectivity index (χ1v) is 6.61. The van der Waals surface area contributed by atoms with Crippen molar-refractivity contribution in [1.29, 1.82) is 0 Å². The number of carbonyl (C=O) groups is 1. The topological polar surface area (TPSA) is 38.8 Å². The molecule has 19 heavy (non-hydrogen) atoms. The van der Waals surface area contributed by atoms with Gasteiger partial charge in [0, 0.05) is 20.2 Å². The number of carbonyl (C=O) groups excluding carboxylic acids is 1. The molecule has 1 unspecified atom stereocenters. The molecule has 1 aromatic carbocycles. The molecule has 1 aromatic rings. The van der Waals surface area contributed by atoms with Crippen molar-refractivity contribution in [3.05, 3.63) is 29.3 Å². The number of benzene rings is 1. The summed E-state index contributed by atoms with van der Waals surface area (Å²) in [6.07, 6.45) is 1.08. The summed E-state index contributed by atoms with van der Waals surface area (Å²) in [6.45, 7) is 5.56. The number of amides is 1. The van der Waals surface area contributed by atoms with Crippen LogP contribution in [0.15, 0.2) is 18.2 Å². The van der Waals surface area contributed by atoms with Gasteiger partial charge in [-0.05, 0) is 31.9 Å². The second-order valence-electron chi connectivity index (χ2n) is 5.04. The summed E-state index contributed by atoms with van der Waals surface area (Å²) < 4.78 is 10.9. The second kappa shape index (κ2) is 6.06. The third-order valence-corrected chi connectivity index (χ3v) is 3.51. The van der Waals surface area contributed by atoms with E-state index in [-0.39, 0.29) is 18.6 Å². The first kappa shape index (κ1) is 13.9. The van der Waals surface area contributed by atoms with E-state index in [1.807, 2.05) is 26.0 Å². The lowest BCUT2D eigenvalue weighted by atomic mass is 10.1. The van der Waals surface area contributed by atoms with Gasteiger partial charge < -0.3 is 14.4 Å². The van der Waals surface area contributed by atoms with E-state index in [4.69, 9.17) is 9.47 Å². The van der Waals surface area contributed by atoms with Gasteiger partial charge >= 0.3 is 0 Å². The summed E-state index contributed by atoms with van der Waals surface area (Å²) >= 11 is 0. The molecule has 4 heteroatoms. The van der Waals surface area contributed by atoms with E-state index in [1.54, 1.807) is 12.0 Å². The summed E-state index contributed by atoms with van der Waals surface area (Å²) in [4.78, 5) is 13.8. The molecule has 2 rings (SSSR count). The Kier molecular flexibility index (Phi) is 4.43. The molecule has 1 saturated heterocycles. The Morgan fingerprint density at radius 3 is 2.84 bits per heavy atom. The van der Waals surface area contributed by atoms with Crippen LogP contribution >= 0.6 is 0 Å². The quantitative estimate of drug-likeness (QED) is 0.833. The van der Waals surface area contributed by atoms with Gasteiger partial charge in [-0.25, -0.2) is 0 Å². The molecule has 1 amide bonds. The van der Waals surface area contributed by atoms with Gasteiger partial charge in [0.1, 0.15) is 5.75 Å². The second-order valence-corrected chi connectivity index (χ2v) is 5.04. The van der Waals surface area contributed by atoms with Gasteiger partial charge in [0.2, 0.25) is 0 Å². The van der Waals surface area contributed by atoms with E-state index >= 15 is 0 Å². The molecular formula is C15H21NO3. The fourth-order valence-corrected chi connectivity index (χ4v) is 2.34. The van der Waals surface area contributed by atoms with E-state index in [1.165, 1.54) is 5.56 Å². The van der Waals surface area contributed by atoms with Crippen LogP contribution in [0, 0.1) is 13.8 Å². The van der Waals surface area contributed by atoms with Crippen LogP contribution in [0.5, 0.6) is 5.75 Å². The van der Waals surface area contributed by atoms with Crippen molar-refractivity contribution in [3.63, 3.8) is 0 Å². The Balaban J connectivity index is 1.87. The van der Waals surface area contributed by atoms with Crippen molar-refractivity contribution in [2.45, 2.75) is 26.4 Å². The average molecular weight is 263 g/mol. The van der Waals surface area contributed by atoms with Gasteiger partial charge in [-0.1, -0.05) is 17.7 Å². The van der Waals surface area contributed by atoms with E-state index < -0.39 is 0 Å². The van der Waals surface area contributed by atoms with Gasteiger partial charge in [-0.2, -0.15) is 0 Å². The first-order chi connectivity index (χ1) is 9.10. The lowest BCUT2D eigenvalue weighted by Gasteiger charge is -2.17. The van der Waals surface area contributed by atoms with Crippen molar-refractivity contribution < 1.29 is 14.3 Å². The summed E-state index contributed by atoms with van der Waals surface area (Å²) in [7, 11) is 1.69. The molecule has 104 valence electrons. The van der Waals surface area contributed by atoms with Crippen LogP contribution in [0.2, 0.25) is 0 Å². The Morgan fingerprint density at radius 1 is 1.42 bits per heavy atom. The van der Waals surface area contributed by atoms with Crippen molar-refractivity contribution in [2.75, 3.05) is 26.8 Å². The molecule has 1 aliphatic rings. The number of rotatable bonds is 4. The number of aryl methyl sites for hydroxylation is 2. The third kappa shape index (κ3) is 3.47. The summed E-state index contributed by atoms with van der Waals surface area (Å²) in [5.41, 5.74) is 2.25. The average Bonchev–Trinajstić information content (AvgIpc) is 2.86.